The van der Waals surface area contributed by atoms with Crippen LogP contribution in [0.5, 0.6) is 0 Å². The van der Waals surface area contributed by atoms with Crippen LogP contribution in [0.1, 0.15) is 23.0 Å². The number of hydrogen-bond acceptors (Lipinski definition) is 4. The van der Waals surface area contributed by atoms with Gasteiger partial charge in [0.1, 0.15) is 5.69 Å². The molecule has 0 spiro atoms. The molecule has 0 fully saturated rings. The van der Waals surface area contributed by atoms with Gasteiger partial charge < -0.3 is 4.74 Å². The molecular weight excluding hydrogens is 320 g/mol. The summed E-state index contributed by atoms with van der Waals surface area (Å²) in [4.78, 5) is 20.9. The Balaban J connectivity index is 2.50. The number of pyridine rings is 1. The fourth-order valence-corrected chi connectivity index (χ4v) is 2.00. The summed E-state index contributed by atoms with van der Waals surface area (Å²) in [5.41, 5.74) is 1.43. The highest BCUT2D eigenvalue weighted by Gasteiger charge is 2.15. The molecule has 5 heteroatoms. The van der Waals surface area contributed by atoms with E-state index in [0.29, 0.717) is 22.8 Å². The number of rotatable bonds is 3. The maximum absolute atomic E-state index is 12.5. The molecule has 0 aliphatic carbocycles. The van der Waals surface area contributed by atoms with Gasteiger partial charge in [0.2, 0.25) is 5.78 Å². The van der Waals surface area contributed by atoms with E-state index in [1.807, 2.05) is 6.07 Å². The summed E-state index contributed by atoms with van der Waals surface area (Å²) in [7, 11) is 1.54. The second kappa shape index (κ2) is 6.43. The summed E-state index contributed by atoms with van der Waals surface area (Å²) in [5.74, 6) is 0.317. The molecule has 0 atom stereocenters. The van der Waals surface area contributed by atoms with Crippen molar-refractivity contribution in [1.82, 2.24) is 4.98 Å². The van der Waals surface area contributed by atoms with Crippen LogP contribution in [0.15, 0.2) is 52.1 Å². The molecule has 0 aliphatic rings. The molecule has 0 saturated heterocycles. The number of aliphatic imine (C=N–C) groups is 1. The van der Waals surface area contributed by atoms with Crippen molar-refractivity contribution in [1.29, 1.82) is 0 Å². The molecule has 102 valence electrons. The van der Waals surface area contributed by atoms with Crippen molar-refractivity contribution in [3.8, 4) is 0 Å². The Labute approximate surface area is 125 Å². The topological polar surface area (TPSA) is 51.5 Å². The van der Waals surface area contributed by atoms with Crippen LogP contribution in [-0.4, -0.2) is 23.8 Å². The van der Waals surface area contributed by atoms with E-state index < -0.39 is 0 Å². The lowest BCUT2D eigenvalue weighted by Crippen LogP contribution is -2.04. The van der Waals surface area contributed by atoms with Crippen molar-refractivity contribution < 1.29 is 9.53 Å². The van der Waals surface area contributed by atoms with E-state index in [9.17, 15) is 4.79 Å². The minimum Gasteiger partial charge on any atom is -0.484 e. The van der Waals surface area contributed by atoms with Gasteiger partial charge in [-0.3, -0.25) is 9.78 Å². The third-order valence-corrected chi connectivity index (χ3v) is 3.17. The van der Waals surface area contributed by atoms with E-state index in [1.165, 1.54) is 7.11 Å². The number of benzene rings is 1. The van der Waals surface area contributed by atoms with Crippen molar-refractivity contribution in [2.75, 3.05) is 7.11 Å². The summed E-state index contributed by atoms with van der Waals surface area (Å²) in [6.45, 7) is 1.73. The van der Waals surface area contributed by atoms with E-state index in [4.69, 9.17) is 4.74 Å². The molecule has 0 bridgehead atoms. The smallest absolute Gasteiger partial charge is 0.213 e. The molecule has 1 aromatic carbocycles. The second-order valence-corrected chi connectivity index (χ2v) is 4.96. The second-order valence-electron chi connectivity index (χ2n) is 4.04. The minimum absolute atomic E-state index is 0.172. The largest absolute Gasteiger partial charge is 0.484 e. The van der Waals surface area contributed by atoms with Crippen molar-refractivity contribution in [2.45, 2.75) is 6.92 Å². The summed E-state index contributed by atoms with van der Waals surface area (Å²) >= 11 is 3.37. The number of ether oxygens (including phenoxy) is 1. The lowest BCUT2D eigenvalue weighted by Gasteiger charge is -2.06. The first kappa shape index (κ1) is 14.4. The Kier molecular flexibility index (Phi) is 4.63. The van der Waals surface area contributed by atoms with Gasteiger partial charge in [0.05, 0.1) is 18.4 Å². The Morgan fingerprint density at radius 3 is 2.75 bits per heavy atom. The molecular formula is C15H13BrN2O2. The number of hydrogen-bond donors (Lipinski definition) is 0. The molecule has 2 rings (SSSR count). The van der Waals surface area contributed by atoms with E-state index in [0.717, 1.165) is 4.47 Å². The Morgan fingerprint density at radius 2 is 2.10 bits per heavy atom. The number of carbonyl (C=O) groups excluding carboxylic acids is 1. The maximum Gasteiger partial charge on any atom is 0.213 e. The van der Waals surface area contributed by atoms with Gasteiger partial charge in [-0.25, -0.2) is 4.99 Å². The highest BCUT2D eigenvalue weighted by molar-refractivity contribution is 9.10. The number of carbonyl (C=O) groups is 1. The lowest BCUT2D eigenvalue weighted by atomic mass is 10.1. The summed E-state index contributed by atoms with van der Waals surface area (Å²) in [6, 6.07) is 10.6. The first-order chi connectivity index (χ1) is 9.61. The van der Waals surface area contributed by atoms with Crippen LogP contribution in [0.4, 0.5) is 5.69 Å². The predicted octanol–water partition coefficient (Wildman–Crippen LogP) is 3.77. The quantitative estimate of drug-likeness (QED) is 0.488. The molecule has 20 heavy (non-hydrogen) atoms. The average molecular weight is 333 g/mol. The van der Waals surface area contributed by atoms with Crippen molar-refractivity contribution in [3.63, 3.8) is 0 Å². The number of aromatic nitrogens is 1. The molecule has 0 N–H and O–H groups in total. The molecule has 0 saturated carbocycles. The molecule has 2 aromatic rings. The Hall–Kier alpha value is -2.01. The molecule has 4 nitrogen and oxygen atoms in total. The normalized spacial score (nSPS) is 11.2. The van der Waals surface area contributed by atoms with Crippen LogP contribution in [0, 0.1) is 0 Å². The summed E-state index contributed by atoms with van der Waals surface area (Å²) < 4.78 is 5.85. The Bertz CT molecular complexity index is 654. The van der Waals surface area contributed by atoms with Gasteiger partial charge in [0.15, 0.2) is 5.90 Å². The third-order valence-electron chi connectivity index (χ3n) is 2.67. The van der Waals surface area contributed by atoms with Crippen LogP contribution in [0.25, 0.3) is 0 Å². The van der Waals surface area contributed by atoms with Gasteiger partial charge in [-0.15, -0.1) is 0 Å². The van der Waals surface area contributed by atoms with E-state index in [1.54, 1.807) is 43.5 Å². The highest BCUT2D eigenvalue weighted by Crippen LogP contribution is 2.26. The van der Waals surface area contributed by atoms with Crippen LogP contribution in [-0.2, 0) is 4.74 Å². The highest BCUT2D eigenvalue weighted by atomic mass is 79.9. The zero-order chi connectivity index (χ0) is 14.5. The predicted molar refractivity (Wildman–Crippen MR) is 81.6 cm³/mol. The van der Waals surface area contributed by atoms with Gasteiger partial charge >= 0.3 is 0 Å². The maximum atomic E-state index is 12.5. The number of ketones is 1. The molecule has 0 unspecified atom stereocenters. The van der Waals surface area contributed by atoms with Crippen LogP contribution in [0.3, 0.4) is 0 Å². The lowest BCUT2D eigenvalue weighted by molar-refractivity contribution is 0.103. The van der Waals surface area contributed by atoms with Gasteiger partial charge in [-0.05, 0) is 30.3 Å². The Morgan fingerprint density at radius 1 is 1.30 bits per heavy atom. The molecule has 0 radical (unpaired) electrons. The van der Waals surface area contributed by atoms with E-state index >= 15 is 0 Å². The SMILES string of the molecule is CO/C(C)=N/c1ccc(Br)cc1C(=O)c1ccccn1. The molecule has 0 aliphatic heterocycles. The van der Waals surface area contributed by atoms with E-state index in [2.05, 4.69) is 25.9 Å². The minimum atomic E-state index is -0.172. The molecule has 1 heterocycles. The fourth-order valence-electron chi connectivity index (χ4n) is 1.64. The molecule has 0 amide bonds. The summed E-state index contributed by atoms with van der Waals surface area (Å²) in [5, 5.41) is 0. The van der Waals surface area contributed by atoms with Crippen LogP contribution < -0.4 is 0 Å². The van der Waals surface area contributed by atoms with Gasteiger partial charge in [0, 0.05) is 17.6 Å². The van der Waals surface area contributed by atoms with Crippen molar-refractivity contribution in [2.24, 2.45) is 4.99 Å². The van der Waals surface area contributed by atoms with Crippen LogP contribution >= 0.6 is 15.9 Å². The first-order valence-corrected chi connectivity index (χ1v) is 6.75. The number of halogens is 1. The number of nitrogens with zero attached hydrogens (tertiary/aromatic N) is 2. The van der Waals surface area contributed by atoms with Crippen molar-refractivity contribution >= 4 is 33.3 Å². The van der Waals surface area contributed by atoms with Crippen molar-refractivity contribution in [3.05, 3.63) is 58.3 Å². The molecule has 1 aromatic heterocycles. The zero-order valence-corrected chi connectivity index (χ0v) is 12.7. The monoisotopic (exact) mass is 332 g/mol. The average Bonchev–Trinajstić information content (AvgIpc) is 2.49. The van der Waals surface area contributed by atoms with E-state index in [-0.39, 0.29) is 5.78 Å². The standard InChI is InChI=1S/C15H13BrN2O2/c1-10(20-2)18-13-7-6-11(16)9-12(13)15(19)14-5-3-4-8-17-14/h3-9H,1-2H3/b18-10+. The third kappa shape index (κ3) is 3.30. The van der Waals surface area contributed by atoms with Gasteiger partial charge in [-0.1, -0.05) is 22.0 Å². The first-order valence-electron chi connectivity index (χ1n) is 5.96. The van der Waals surface area contributed by atoms with Gasteiger partial charge in [0.25, 0.3) is 0 Å². The zero-order valence-electron chi connectivity index (χ0n) is 11.1. The fraction of sp³-hybridized carbons (Fsp3) is 0.133. The summed E-state index contributed by atoms with van der Waals surface area (Å²) in [6.07, 6.45) is 1.59. The number of methoxy groups -OCH3 is 1. The van der Waals surface area contributed by atoms with Gasteiger partial charge in [-0.2, -0.15) is 0 Å². The van der Waals surface area contributed by atoms with Crippen LogP contribution in [0.2, 0.25) is 0 Å².